The van der Waals surface area contributed by atoms with Gasteiger partial charge >= 0.3 is 5.69 Å². The minimum Gasteiger partial charge on any atom is -0.493 e. The minimum absolute atomic E-state index is 0.117. The van der Waals surface area contributed by atoms with Crippen molar-refractivity contribution in [2.24, 2.45) is 0 Å². The maximum Gasteiger partial charge on any atom is 0.318 e. The average Bonchev–Trinajstić information content (AvgIpc) is 2.88. The van der Waals surface area contributed by atoms with Gasteiger partial charge in [-0.3, -0.25) is 25.0 Å². The number of nitro benzene ring substituents is 2. The number of nitrogens with one attached hydrogen (secondary N) is 1. The predicted molar refractivity (Wildman–Crippen MR) is 149 cm³/mol. The first-order valence-corrected chi connectivity index (χ1v) is 11.8. The fourth-order valence-corrected chi connectivity index (χ4v) is 3.97. The lowest BCUT2D eigenvalue weighted by Crippen LogP contribution is -2.14. The number of amides is 1. The summed E-state index contributed by atoms with van der Waals surface area (Å²) in [6.45, 7) is 0. The molecule has 0 aliphatic carbocycles. The molecule has 13 heteroatoms. The van der Waals surface area contributed by atoms with Crippen molar-refractivity contribution in [1.82, 2.24) is 0 Å². The second kappa shape index (κ2) is 12.0. The third-order valence-electron chi connectivity index (χ3n) is 5.13. The second-order valence-electron chi connectivity index (χ2n) is 7.87. The van der Waals surface area contributed by atoms with E-state index < -0.39 is 27.1 Å². The van der Waals surface area contributed by atoms with Gasteiger partial charge in [0.1, 0.15) is 11.6 Å². The van der Waals surface area contributed by atoms with E-state index in [1.807, 2.05) is 59.8 Å². The maximum absolute atomic E-state index is 12.7. The summed E-state index contributed by atoms with van der Waals surface area (Å²) in [5.41, 5.74) is 0.681. The first-order chi connectivity index (χ1) is 18.0. The van der Waals surface area contributed by atoms with Crippen LogP contribution >= 0.6 is 22.6 Å². The predicted octanol–water partition coefficient (Wildman–Crippen LogP) is 5.52. The Morgan fingerprint density at radius 1 is 1.05 bits per heavy atom. The Morgan fingerprint density at radius 2 is 1.74 bits per heavy atom. The van der Waals surface area contributed by atoms with Crippen molar-refractivity contribution >= 4 is 57.3 Å². The van der Waals surface area contributed by atoms with Gasteiger partial charge in [-0.05, 0) is 76.7 Å². The van der Waals surface area contributed by atoms with Gasteiger partial charge in [-0.15, -0.1) is 0 Å². The largest absolute Gasteiger partial charge is 0.493 e. The van der Waals surface area contributed by atoms with Gasteiger partial charge in [0.15, 0.2) is 11.5 Å². The average molecular weight is 629 g/mol. The van der Waals surface area contributed by atoms with Crippen LogP contribution in [0.4, 0.5) is 22.7 Å². The summed E-state index contributed by atoms with van der Waals surface area (Å²) in [6, 6.07) is 15.1. The molecule has 0 aromatic heterocycles. The Kier molecular flexibility index (Phi) is 8.81. The number of methoxy groups -OCH3 is 1. The first kappa shape index (κ1) is 27.9. The fraction of sp³-hybridized carbons (Fsp3) is 0.120. The molecule has 3 rings (SSSR count). The van der Waals surface area contributed by atoms with Crippen LogP contribution in [0.3, 0.4) is 0 Å². The highest BCUT2D eigenvalue weighted by Crippen LogP contribution is 2.41. The van der Waals surface area contributed by atoms with Crippen molar-refractivity contribution in [1.29, 1.82) is 5.26 Å². The van der Waals surface area contributed by atoms with E-state index in [-0.39, 0.29) is 22.8 Å². The monoisotopic (exact) mass is 629 g/mol. The number of rotatable bonds is 9. The molecule has 0 fully saturated rings. The van der Waals surface area contributed by atoms with Crippen LogP contribution in [-0.4, -0.2) is 37.0 Å². The highest BCUT2D eigenvalue weighted by Gasteiger charge is 2.23. The van der Waals surface area contributed by atoms with Crippen LogP contribution in [0.1, 0.15) is 5.56 Å². The van der Waals surface area contributed by atoms with Crippen molar-refractivity contribution in [3.63, 3.8) is 0 Å². The fourth-order valence-electron chi connectivity index (χ4n) is 3.24. The van der Waals surface area contributed by atoms with Gasteiger partial charge < -0.3 is 19.7 Å². The van der Waals surface area contributed by atoms with Crippen molar-refractivity contribution in [3.8, 4) is 23.3 Å². The van der Waals surface area contributed by atoms with Gasteiger partial charge in [-0.25, -0.2) is 0 Å². The van der Waals surface area contributed by atoms with Crippen LogP contribution in [-0.2, 0) is 4.79 Å². The van der Waals surface area contributed by atoms with E-state index in [4.69, 9.17) is 9.47 Å². The van der Waals surface area contributed by atoms with Crippen LogP contribution in [0, 0.1) is 35.1 Å². The van der Waals surface area contributed by atoms with Gasteiger partial charge in [0.05, 0.1) is 26.6 Å². The van der Waals surface area contributed by atoms with Crippen molar-refractivity contribution in [2.45, 2.75) is 0 Å². The zero-order valence-corrected chi connectivity index (χ0v) is 22.5. The molecular formula is C25H20IN5O7. The number of ether oxygens (including phenoxy) is 2. The summed E-state index contributed by atoms with van der Waals surface area (Å²) in [5, 5.41) is 34.7. The lowest BCUT2D eigenvalue weighted by Gasteiger charge is -2.14. The van der Waals surface area contributed by atoms with Crippen LogP contribution < -0.4 is 19.7 Å². The molecule has 38 heavy (non-hydrogen) atoms. The molecular weight excluding hydrogens is 609 g/mol. The molecule has 3 aromatic carbocycles. The number of nitro groups is 2. The molecule has 0 aliphatic heterocycles. The van der Waals surface area contributed by atoms with Gasteiger partial charge in [0, 0.05) is 31.5 Å². The van der Waals surface area contributed by atoms with E-state index in [1.54, 1.807) is 18.2 Å². The molecule has 3 aromatic rings. The van der Waals surface area contributed by atoms with Crippen LogP contribution in [0.5, 0.6) is 17.2 Å². The molecule has 0 atom stereocenters. The lowest BCUT2D eigenvalue weighted by molar-refractivity contribution is -0.394. The number of benzene rings is 3. The lowest BCUT2D eigenvalue weighted by atomic mass is 10.1. The molecule has 0 bridgehead atoms. The number of nitriles is 1. The molecule has 0 spiro atoms. The maximum atomic E-state index is 12.7. The third-order valence-corrected chi connectivity index (χ3v) is 5.93. The Balaban J connectivity index is 1.91. The van der Waals surface area contributed by atoms with Crippen molar-refractivity contribution < 1.29 is 24.1 Å². The Labute approximate surface area is 230 Å². The molecule has 0 saturated carbocycles. The molecule has 194 valence electrons. The third kappa shape index (κ3) is 6.53. The number of hydrogen-bond acceptors (Lipinski definition) is 9. The SMILES string of the molecule is COc1cc(/C=C(/C#N)C(=O)Nc2ccc(N(C)C)cc2)cc(I)c1Oc1ccc([N+](=O)[O-])cc1[N+](=O)[O-]. The van der Waals surface area contributed by atoms with Crippen molar-refractivity contribution in [2.75, 3.05) is 31.4 Å². The number of carbonyl (C=O) groups is 1. The first-order valence-electron chi connectivity index (χ1n) is 10.7. The van der Waals surface area contributed by atoms with E-state index in [1.165, 1.54) is 19.3 Å². The van der Waals surface area contributed by atoms with Gasteiger partial charge in [-0.1, -0.05) is 0 Å². The van der Waals surface area contributed by atoms with Crippen molar-refractivity contribution in [3.05, 3.63) is 89.5 Å². The number of hydrogen-bond donors (Lipinski definition) is 1. The second-order valence-corrected chi connectivity index (χ2v) is 9.03. The van der Waals surface area contributed by atoms with Crippen LogP contribution in [0.25, 0.3) is 6.08 Å². The summed E-state index contributed by atoms with van der Waals surface area (Å²) in [6.07, 6.45) is 1.37. The number of nitrogens with zero attached hydrogens (tertiary/aromatic N) is 4. The van der Waals surface area contributed by atoms with E-state index in [0.29, 0.717) is 14.8 Å². The van der Waals surface area contributed by atoms with E-state index in [9.17, 15) is 30.3 Å². The smallest absolute Gasteiger partial charge is 0.318 e. The molecule has 0 unspecified atom stereocenters. The number of non-ortho nitro benzene ring substituents is 1. The number of carbonyl (C=O) groups excluding carboxylic acids is 1. The van der Waals surface area contributed by atoms with E-state index in [0.717, 1.165) is 23.9 Å². The topological polar surface area (TPSA) is 161 Å². The standard InChI is InChI=1S/C25H20IN5O7/c1-29(2)18-6-4-17(5-7-18)28-25(32)16(14-27)10-15-11-20(26)24(23(12-15)37-3)38-22-9-8-19(30(33)34)13-21(22)31(35)36/h4-13H,1-3H3,(H,28,32)/b16-10-. The zero-order chi connectivity index (χ0) is 28.0. The molecule has 0 radical (unpaired) electrons. The summed E-state index contributed by atoms with van der Waals surface area (Å²) in [5.74, 6) is -0.558. The van der Waals surface area contributed by atoms with Gasteiger partial charge in [-0.2, -0.15) is 5.26 Å². The quantitative estimate of drug-likeness (QED) is 0.106. The summed E-state index contributed by atoms with van der Waals surface area (Å²) in [4.78, 5) is 35.6. The Morgan fingerprint density at radius 3 is 2.29 bits per heavy atom. The minimum atomic E-state index is -0.787. The van der Waals surface area contributed by atoms with E-state index >= 15 is 0 Å². The normalized spacial score (nSPS) is 10.8. The Hall–Kier alpha value is -4.71. The summed E-state index contributed by atoms with van der Waals surface area (Å²) >= 11 is 1.91. The summed E-state index contributed by atoms with van der Waals surface area (Å²) in [7, 11) is 5.14. The van der Waals surface area contributed by atoms with Gasteiger partial charge in [0.25, 0.3) is 11.6 Å². The molecule has 12 nitrogen and oxygen atoms in total. The Bertz CT molecular complexity index is 1480. The zero-order valence-electron chi connectivity index (χ0n) is 20.3. The van der Waals surface area contributed by atoms with Crippen LogP contribution in [0.2, 0.25) is 0 Å². The molecule has 0 heterocycles. The van der Waals surface area contributed by atoms with E-state index in [2.05, 4.69) is 5.32 Å². The highest BCUT2D eigenvalue weighted by atomic mass is 127. The molecule has 1 N–H and O–H groups in total. The summed E-state index contributed by atoms with van der Waals surface area (Å²) < 4.78 is 11.6. The highest BCUT2D eigenvalue weighted by molar-refractivity contribution is 14.1. The van der Waals surface area contributed by atoms with Crippen LogP contribution in [0.15, 0.2) is 60.2 Å². The molecule has 1 amide bonds. The number of anilines is 2. The molecule has 0 aliphatic rings. The molecule has 0 saturated heterocycles. The number of halogens is 1. The van der Waals surface area contributed by atoms with Gasteiger partial charge in [0.2, 0.25) is 5.75 Å².